The topological polar surface area (TPSA) is 57.9 Å². The van der Waals surface area contributed by atoms with Gasteiger partial charge in [-0.2, -0.15) is 0 Å². The smallest absolute Gasteiger partial charge is 0.235 e. The molecule has 0 atom stereocenters. The number of aryl methyl sites for hydroxylation is 1. The molecule has 1 aromatic carbocycles. The van der Waals surface area contributed by atoms with E-state index in [2.05, 4.69) is 0 Å². The van der Waals surface area contributed by atoms with E-state index in [1.165, 1.54) is 7.11 Å². The fourth-order valence-corrected chi connectivity index (χ4v) is 2.32. The van der Waals surface area contributed by atoms with E-state index in [1.807, 2.05) is 19.1 Å². The van der Waals surface area contributed by atoms with E-state index in [1.54, 1.807) is 25.3 Å². The third-order valence-electron chi connectivity index (χ3n) is 3.47. The highest BCUT2D eigenvalue weighted by Crippen LogP contribution is 2.41. The van der Waals surface area contributed by atoms with Gasteiger partial charge in [0.25, 0.3) is 0 Å². The Morgan fingerprint density at radius 1 is 1.18 bits per heavy atom. The van der Waals surface area contributed by atoms with Crippen LogP contribution in [0.15, 0.2) is 34.4 Å². The number of rotatable bonds is 4. The molecule has 2 heterocycles. The molecule has 22 heavy (non-hydrogen) atoms. The Bertz CT molecular complexity index is 754. The van der Waals surface area contributed by atoms with Crippen LogP contribution in [0.3, 0.4) is 0 Å². The molecule has 5 heteroatoms. The maximum Gasteiger partial charge on any atom is 0.235 e. The van der Waals surface area contributed by atoms with E-state index in [0.29, 0.717) is 28.6 Å². The lowest BCUT2D eigenvalue weighted by atomic mass is 10.1. The van der Waals surface area contributed by atoms with E-state index >= 15 is 0 Å². The highest BCUT2D eigenvalue weighted by atomic mass is 16.5. The molecule has 2 aromatic rings. The van der Waals surface area contributed by atoms with Gasteiger partial charge in [-0.3, -0.25) is 4.79 Å². The van der Waals surface area contributed by atoms with Gasteiger partial charge in [-0.25, -0.2) is 0 Å². The van der Waals surface area contributed by atoms with Crippen molar-refractivity contribution in [3.05, 3.63) is 47.1 Å². The van der Waals surface area contributed by atoms with Crippen molar-refractivity contribution in [2.24, 2.45) is 0 Å². The summed E-state index contributed by atoms with van der Waals surface area (Å²) in [6, 6.07) is 7.01. The average Bonchev–Trinajstić information content (AvgIpc) is 3.12. The van der Waals surface area contributed by atoms with Crippen LogP contribution in [0.25, 0.3) is 6.08 Å². The van der Waals surface area contributed by atoms with Crippen molar-refractivity contribution in [2.75, 3.05) is 14.2 Å². The molecule has 1 aliphatic heterocycles. The first-order valence-corrected chi connectivity index (χ1v) is 6.95. The highest BCUT2D eigenvalue weighted by Gasteiger charge is 2.32. The Kier molecular flexibility index (Phi) is 3.63. The van der Waals surface area contributed by atoms with Crippen molar-refractivity contribution in [3.8, 4) is 17.2 Å². The van der Waals surface area contributed by atoms with E-state index in [-0.39, 0.29) is 11.5 Å². The molecule has 0 saturated carbocycles. The second-order valence-electron chi connectivity index (χ2n) is 4.80. The van der Waals surface area contributed by atoms with Crippen LogP contribution in [0.4, 0.5) is 0 Å². The molecule has 1 aromatic heterocycles. The predicted octanol–water partition coefficient (Wildman–Crippen LogP) is 3.48. The van der Waals surface area contributed by atoms with Crippen LogP contribution < -0.4 is 14.2 Å². The van der Waals surface area contributed by atoms with Gasteiger partial charge < -0.3 is 18.6 Å². The lowest BCUT2D eigenvalue weighted by molar-refractivity contribution is 0.101. The molecule has 5 nitrogen and oxygen atoms in total. The molecular formula is C17H16O5. The second kappa shape index (κ2) is 5.60. The van der Waals surface area contributed by atoms with Gasteiger partial charge in [0.1, 0.15) is 34.3 Å². The number of ether oxygens (including phenoxy) is 3. The fraction of sp³-hybridized carbons (Fsp3) is 0.235. The third kappa shape index (κ3) is 2.35. The van der Waals surface area contributed by atoms with Crippen molar-refractivity contribution in [3.63, 3.8) is 0 Å². The number of furan rings is 1. The van der Waals surface area contributed by atoms with Crippen molar-refractivity contribution < 1.29 is 23.4 Å². The fourth-order valence-electron chi connectivity index (χ4n) is 2.32. The summed E-state index contributed by atoms with van der Waals surface area (Å²) >= 11 is 0. The Balaban J connectivity index is 2.00. The average molecular weight is 300 g/mol. The van der Waals surface area contributed by atoms with Gasteiger partial charge in [0.2, 0.25) is 5.78 Å². The Morgan fingerprint density at radius 3 is 2.64 bits per heavy atom. The third-order valence-corrected chi connectivity index (χ3v) is 3.47. The number of methoxy groups -OCH3 is 2. The summed E-state index contributed by atoms with van der Waals surface area (Å²) in [5.41, 5.74) is 0.400. The van der Waals surface area contributed by atoms with Gasteiger partial charge in [-0.1, -0.05) is 6.92 Å². The maximum atomic E-state index is 12.5. The number of carbonyl (C=O) groups is 1. The standard InChI is InChI=1S/C17H16O5/c1-4-10-5-6-11(21-10)7-15-17(18)16-13(20-3)8-12(19-2)9-14(16)22-15/h5-9H,4H2,1-3H3. The molecule has 0 bridgehead atoms. The van der Waals surface area contributed by atoms with Crippen LogP contribution in [0, 0.1) is 0 Å². The van der Waals surface area contributed by atoms with Crippen molar-refractivity contribution >= 4 is 11.9 Å². The molecule has 0 aliphatic carbocycles. The van der Waals surface area contributed by atoms with Gasteiger partial charge >= 0.3 is 0 Å². The molecule has 0 unspecified atom stereocenters. The summed E-state index contributed by atoms with van der Waals surface area (Å²) in [6.07, 6.45) is 2.39. The Morgan fingerprint density at radius 2 is 2.00 bits per heavy atom. The first-order chi connectivity index (χ1) is 10.7. The molecule has 0 fully saturated rings. The lowest BCUT2D eigenvalue weighted by Gasteiger charge is -2.07. The first kappa shape index (κ1) is 14.3. The number of hydrogen-bond donors (Lipinski definition) is 0. The quantitative estimate of drug-likeness (QED) is 0.809. The lowest BCUT2D eigenvalue weighted by Crippen LogP contribution is -2.00. The van der Waals surface area contributed by atoms with E-state index in [0.717, 1.165) is 12.2 Å². The van der Waals surface area contributed by atoms with Crippen LogP contribution in [-0.2, 0) is 6.42 Å². The molecule has 0 radical (unpaired) electrons. The summed E-state index contributed by atoms with van der Waals surface area (Å²) < 4.78 is 21.7. The van der Waals surface area contributed by atoms with E-state index < -0.39 is 0 Å². The summed E-state index contributed by atoms with van der Waals surface area (Å²) in [5, 5.41) is 0. The van der Waals surface area contributed by atoms with Crippen LogP contribution in [0.5, 0.6) is 17.2 Å². The Labute approximate surface area is 128 Å². The van der Waals surface area contributed by atoms with Crippen molar-refractivity contribution in [1.29, 1.82) is 0 Å². The van der Waals surface area contributed by atoms with Gasteiger partial charge in [0.05, 0.1) is 14.2 Å². The zero-order chi connectivity index (χ0) is 15.7. The molecule has 114 valence electrons. The largest absolute Gasteiger partial charge is 0.496 e. The van der Waals surface area contributed by atoms with Gasteiger partial charge in [-0.15, -0.1) is 0 Å². The second-order valence-corrected chi connectivity index (χ2v) is 4.80. The SMILES string of the molecule is CCc1ccc(C=C2Oc3cc(OC)cc(OC)c3C2=O)o1. The van der Waals surface area contributed by atoms with E-state index in [9.17, 15) is 4.79 Å². The number of carbonyl (C=O) groups excluding carboxylic acids is 1. The normalized spacial score (nSPS) is 14.9. The van der Waals surface area contributed by atoms with Crippen LogP contribution in [0.2, 0.25) is 0 Å². The molecule has 3 rings (SSSR count). The first-order valence-electron chi connectivity index (χ1n) is 6.95. The monoisotopic (exact) mass is 300 g/mol. The molecule has 0 spiro atoms. The molecule has 0 saturated heterocycles. The minimum absolute atomic E-state index is 0.207. The molecule has 0 amide bonds. The van der Waals surface area contributed by atoms with Crippen molar-refractivity contribution in [2.45, 2.75) is 13.3 Å². The predicted molar refractivity (Wildman–Crippen MR) is 80.6 cm³/mol. The maximum absolute atomic E-state index is 12.5. The number of ketones is 1. The van der Waals surface area contributed by atoms with Crippen LogP contribution in [-0.4, -0.2) is 20.0 Å². The van der Waals surface area contributed by atoms with Gasteiger partial charge in [0, 0.05) is 24.6 Å². The number of hydrogen-bond acceptors (Lipinski definition) is 5. The number of fused-ring (bicyclic) bond motifs is 1. The minimum atomic E-state index is -0.232. The zero-order valence-electron chi connectivity index (χ0n) is 12.6. The van der Waals surface area contributed by atoms with E-state index in [4.69, 9.17) is 18.6 Å². The summed E-state index contributed by atoms with van der Waals surface area (Å²) in [5.74, 6) is 2.83. The van der Waals surface area contributed by atoms with Crippen LogP contribution >= 0.6 is 0 Å². The van der Waals surface area contributed by atoms with Crippen molar-refractivity contribution in [1.82, 2.24) is 0 Å². The highest BCUT2D eigenvalue weighted by molar-refractivity contribution is 6.16. The zero-order valence-corrected chi connectivity index (χ0v) is 12.6. The molecular weight excluding hydrogens is 284 g/mol. The Hall–Kier alpha value is -2.69. The summed E-state index contributed by atoms with van der Waals surface area (Å²) in [7, 11) is 3.05. The number of Topliss-reactive ketones (excluding diaryl/α,β-unsaturated/α-hetero) is 1. The molecule has 0 N–H and O–H groups in total. The van der Waals surface area contributed by atoms with Gasteiger partial charge in [0.15, 0.2) is 5.76 Å². The molecule has 1 aliphatic rings. The van der Waals surface area contributed by atoms with Crippen LogP contribution in [0.1, 0.15) is 28.8 Å². The summed E-state index contributed by atoms with van der Waals surface area (Å²) in [4.78, 5) is 12.5. The number of benzene rings is 1. The van der Waals surface area contributed by atoms with Gasteiger partial charge in [-0.05, 0) is 12.1 Å². The minimum Gasteiger partial charge on any atom is -0.496 e. The number of allylic oxidation sites excluding steroid dienone is 1. The summed E-state index contributed by atoms with van der Waals surface area (Å²) in [6.45, 7) is 2.00.